The SMILES string of the molecule is COc1ncc(-c2cc3c(N4CCN(C(=O)C=CC(C)=O)CC4)cccc3cn2)cc1NS(=O)(=O)c1ccc(F)cc1F. The van der Waals surface area contributed by atoms with E-state index in [0.29, 0.717) is 43.5 Å². The molecule has 2 aromatic carbocycles. The first-order valence-corrected chi connectivity index (χ1v) is 14.7. The van der Waals surface area contributed by atoms with E-state index in [9.17, 15) is 26.8 Å². The van der Waals surface area contributed by atoms with Crippen molar-refractivity contribution in [3.05, 3.63) is 84.7 Å². The highest BCUT2D eigenvalue weighted by molar-refractivity contribution is 7.92. The van der Waals surface area contributed by atoms with Crippen molar-refractivity contribution in [3.63, 3.8) is 0 Å². The van der Waals surface area contributed by atoms with Crippen molar-refractivity contribution in [3.8, 4) is 17.1 Å². The fourth-order valence-electron chi connectivity index (χ4n) is 4.77. The number of pyridine rings is 2. The van der Waals surface area contributed by atoms with E-state index in [1.54, 1.807) is 11.1 Å². The second kappa shape index (κ2) is 12.1. The van der Waals surface area contributed by atoms with E-state index >= 15 is 0 Å². The van der Waals surface area contributed by atoms with Gasteiger partial charge in [0.05, 0.1) is 12.8 Å². The maximum absolute atomic E-state index is 14.3. The molecular weight excluding hydrogens is 580 g/mol. The topological polar surface area (TPSA) is 122 Å². The van der Waals surface area contributed by atoms with Gasteiger partial charge in [-0.1, -0.05) is 12.1 Å². The zero-order valence-corrected chi connectivity index (χ0v) is 24.1. The lowest BCUT2D eigenvalue weighted by Gasteiger charge is -2.36. The number of rotatable bonds is 8. The van der Waals surface area contributed by atoms with Crippen LogP contribution in [0.5, 0.6) is 5.88 Å². The molecule has 1 aliphatic rings. The Morgan fingerprint density at radius 3 is 2.44 bits per heavy atom. The van der Waals surface area contributed by atoms with Crippen LogP contribution in [0.1, 0.15) is 6.92 Å². The van der Waals surface area contributed by atoms with Gasteiger partial charge in [0, 0.05) is 72.7 Å². The van der Waals surface area contributed by atoms with Crippen molar-refractivity contribution in [2.24, 2.45) is 0 Å². The Hall–Kier alpha value is -4.91. The number of piperazine rings is 1. The molecule has 0 radical (unpaired) electrons. The number of nitrogens with one attached hydrogen (secondary N) is 1. The van der Waals surface area contributed by atoms with E-state index < -0.39 is 26.6 Å². The van der Waals surface area contributed by atoms with Crippen LogP contribution in [0.4, 0.5) is 20.2 Å². The lowest BCUT2D eigenvalue weighted by molar-refractivity contribution is -0.126. The summed E-state index contributed by atoms with van der Waals surface area (Å²) >= 11 is 0. The first-order chi connectivity index (χ1) is 20.6. The van der Waals surface area contributed by atoms with Gasteiger partial charge < -0.3 is 14.5 Å². The Morgan fingerprint density at radius 1 is 0.977 bits per heavy atom. The van der Waals surface area contributed by atoms with E-state index in [1.165, 1.54) is 38.4 Å². The molecule has 13 heteroatoms. The van der Waals surface area contributed by atoms with Gasteiger partial charge in [-0.3, -0.25) is 19.3 Å². The third-order valence-corrected chi connectivity index (χ3v) is 8.30. The quantitative estimate of drug-likeness (QED) is 0.296. The second-order valence-corrected chi connectivity index (χ2v) is 11.4. The molecular formula is C30H27F2N5O5S. The molecule has 1 saturated heterocycles. The molecule has 2 aromatic heterocycles. The Bertz CT molecular complexity index is 1860. The normalized spacial score (nSPS) is 13.9. The third kappa shape index (κ3) is 6.46. The fourth-order valence-corrected chi connectivity index (χ4v) is 5.88. The summed E-state index contributed by atoms with van der Waals surface area (Å²) in [6, 6.07) is 11.3. The van der Waals surface area contributed by atoms with Crippen LogP contribution in [-0.4, -0.2) is 68.3 Å². The molecule has 5 rings (SSSR count). The molecule has 1 amide bonds. The van der Waals surface area contributed by atoms with E-state index in [2.05, 4.69) is 19.6 Å². The van der Waals surface area contributed by atoms with Gasteiger partial charge in [0.1, 0.15) is 22.2 Å². The summed E-state index contributed by atoms with van der Waals surface area (Å²) in [4.78, 5) is 35.5. The van der Waals surface area contributed by atoms with Crippen LogP contribution in [0.15, 0.2) is 78.0 Å². The summed E-state index contributed by atoms with van der Waals surface area (Å²) in [5.41, 5.74) is 1.83. The minimum absolute atomic E-state index is 0.0538. The fraction of sp³-hybridized carbons (Fsp3) is 0.200. The molecule has 1 fully saturated rings. The number of nitrogens with zero attached hydrogens (tertiary/aromatic N) is 4. The van der Waals surface area contributed by atoms with E-state index in [0.717, 1.165) is 28.6 Å². The third-order valence-electron chi connectivity index (χ3n) is 6.90. The number of carbonyl (C=O) groups excluding carboxylic acids is 2. The van der Waals surface area contributed by atoms with Gasteiger partial charge in [-0.2, -0.15) is 0 Å². The number of ether oxygens (including phenoxy) is 1. The van der Waals surface area contributed by atoms with Crippen molar-refractivity contribution >= 4 is 43.9 Å². The molecule has 0 saturated carbocycles. The number of ketones is 1. The predicted molar refractivity (Wildman–Crippen MR) is 157 cm³/mol. The largest absolute Gasteiger partial charge is 0.480 e. The molecule has 10 nitrogen and oxygen atoms in total. The number of hydrogen-bond donors (Lipinski definition) is 1. The molecule has 0 bridgehead atoms. The number of sulfonamides is 1. The molecule has 222 valence electrons. The van der Waals surface area contributed by atoms with Gasteiger partial charge in [0.2, 0.25) is 11.8 Å². The summed E-state index contributed by atoms with van der Waals surface area (Å²) in [7, 11) is -3.14. The zero-order chi connectivity index (χ0) is 30.7. The van der Waals surface area contributed by atoms with E-state index in [4.69, 9.17) is 4.74 Å². The van der Waals surface area contributed by atoms with Gasteiger partial charge >= 0.3 is 0 Å². The number of methoxy groups -OCH3 is 1. The van der Waals surface area contributed by atoms with Crippen molar-refractivity contribution < 1.29 is 31.5 Å². The summed E-state index contributed by atoms with van der Waals surface area (Å²) in [5, 5.41) is 1.76. The van der Waals surface area contributed by atoms with Gasteiger partial charge in [-0.05, 0) is 43.3 Å². The van der Waals surface area contributed by atoms with Gasteiger partial charge in [0.15, 0.2) is 5.78 Å². The van der Waals surface area contributed by atoms with Crippen molar-refractivity contribution in [1.29, 1.82) is 0 Å². The Morgan fingerprint density at radius 2 is 1.74 bits per heavy atom. The average molecular weight is 608 g/mol. The summed E-state index contributed by atoms with van der Waals surface area (Å²) in [6.07, 6.45) is 5.73. The monoisotopic (exact) mass is 607 g/mol. The standard InChI is InChI=1S/C30H27F2N5O5S/c1-19(38)6-9-29(39)37-12-10-36(11-13-37)27-5-3-4-20-17-33-25(16-23(20)27)21-14-26(30(42-2)34-18-21)35-43(40,41)28-8-7-22(31)15-24(28)32/h3-9,14-18,35H,10-13H2,1-2H3. The molecule has 1 N–H and O–H groups in total. The van der Waals surface area contributed by atoms with Crippen LogP contribution in [0, 0.1) is 11.6 Å². The molecule has 0 spiro atoms. The van der Waals surface area contributed by atoms with Crippen LogP contribution in [0.2, 0.25) is 0 Å². The summed E-state index contributed by atoms with van der Waals surface area (Å²) < 4.78 is 61.1. The van der Waals surface area contributed by atoms with Crippen LogP contribution in [0.25, 0.3) is 22.0 Å². The van der Waals surface area contributed by atoms with Crippen molar-refractivity contribution in [2.75, 3.05) is 42.9 Å². The summed E-state index contributed by atoms with van der Waals surface area (Å²) in [5.74, 6) is -2.60. The number of carbonyl (C=O) groups is 2. The van der Waals surface area contributed by atoms with Crippen LogP contribution in [0.3, 0.4) is 0 Å². The van der Waals surface area contributed by atoms with Crippen molar-refractivity contribution in [2.45, 2.75) is 11.8 Å². The van der Waals surface area contributed by atoms with E-state index in [-0.39, 0.29) is 23.3 Å². The number of halogens is 2. The van der Waals surface area contributed by atoms with Crippen molar-refractivity contribution in [1.82, 2.24) is 14.9 Å². The molecule has 0 unspecified atom stereocenters. The number of anilines is 2. The summed E-state index contributed by atoms with van der Waals surface area (Å²) in [6.45, 7) is 3.51. The number of hydrogen-bond acceptors (Lipinski definition) is 8. The highest BCUT2D eigenvalue weighted by Crippen LogP contribution is 2.34. The van der Waals surface area contributed by atoms with Gasteiger partial charge in [-0.15, -0.1) is 0 Å². The van der Waals surface area contributed by atoms with Gasteiger partial charge in [0.25, 0.3) is 10.0 Å². The number of aromatic nitrogens is 2. The van der Waals surface area contributed by atoms with E-state index in [1.807, 2.05) is 24.3 Å². The first-order valence-electron chi connectivity index (χ1n) is 13.2. The number of amides is 1. The van der Waals surface area contributed by atoms with Gasteiger partial charge in [-0.25, -0.2) is 22.2 Å². The average Bonchev–Trinajstić information content (AvgIpc) is 2.99. The number of benzene rings is 2. The maximum atomic E-state index is 14.3. The zero-order valence-electron chi connectivity index (χ0n) is 23.3. The Labute approximate surface area is 246 Å². The molecule has 0 atom stereocenters. The first kappa shape index (κ1) is 29.6. The molecule has 3 heterocycles. The Kier molecular flexibility index (Phi) is 8.35. The number of allylic oxidation sites excluding steroid dienone is 1. The molecule has 0 aliphatic carbocycles. The minimum Gasteiger partial charge on any atom is -0.480 e. The molecule has 4 aromatic rings. The minimum atomic E-state index is -4.45. The van der Waals surface area contributed by atoms with Crippen LogP contribution in [-0.2, 0) is 19.6 Å². The van der Waals surface area contributed by atoms with Crippen LogP contribution >= 0.6 is 0 Å². The molecule has 1 aliphatic heterocycles. The Balaban J connectivity index is 1.43. The lowest BCUT2D eigenvalue weighted by Crippen LogP contribution is -2.48. The lowest BCUT2D eigenvalue weighted by atomic mass is 10.1. The molecule has 43 heavy (non-hydrogen) atoms. The highest BCUT2D eigenvalue weighted by atomic mass is 32.2. The number of fused-ring (bicyclic) bond motifs is 1. The maximum Gasteiger partial charge on any atom is 0.264 e. The smallest absolute Gasteiger partial charge is 0.264 e. The predicted octanol–water partition coefficient (Wildman–Crippen LogP) is 4.18. The second-order valence-electron chi connectivity index (χ2n) is 9.79. The van der Waals surface area contributed by atoms with Crippen LogP contribution < -0.4 is 14.4 Å². The highest BCUT2D eigenvalue weighted by Gasteiger charge is 2.24.